The van der Waals surface area contributed by atoms with Gasteiger partial charge in [0.1, 0.15) is 0 Å². The number of aromatic nitrogens is 1. The number of pyridine rings is 1. The number of hydrogen-bond acceptors (Lipinski definition) is 1. The molecule has 1 aromatic heterocycles. The van der Waals surface area contributed by atoms with Crippen molar-refractivity contribution in [1.82, 2.24) is 4.98 Å². The molecule has 0 amide bonds. The Balaban J connectivity index is 1.71. The molecule has 1 nitrogen and oxygen atoms in total. The molecular formula is C33H21N. The zero-order valence-corrected chi connectivity index (χ0v) is 18.6. The van der Waals surface area contributed by atoms with E-state index in [0.717, 1.165) is 5.56 Å². The molecule has 0 bridgehead atoms. The van der Waals surface area contributed by atoms with Crippen molar-refractivity contribution >= 4 is 10.8 Å². The van der Waals surface area contributed by atoms with Crippen LogP contribution in [0.3, 0.4) is 0 Å². The van der Waals surface area contributed by atoms with Crippen LogP contribution in [0, 0.1) is 0 Å². The standard InChI is InChI=1S/C33H21N/c1-3-10-22(11-4-1)28-20-29-26-17-7-14-23-15-8-18-27(30(23)26)33(29)32(25-16-9-19-34-21-25)31(28)24-12-5-2-6-13-24/h1-21H. The van der Waals surface area contributed by atoms with Gasteiger partial charge in [-0.15, -0.1) is 0 Å². The molecule has 0 unspecified atom stereocenters. The van der Waals surface area contributed by atoms with E-state index in [1.54, 1.807) is 0 Å². The van der Waals surface area contributed by atoms with Crippen molar-refractivity contribution in [3.63, 3.8) is 0 Å². The molecule has 1 aliphatic rings. The highest BCUT2D eigenvalue weighted by Gasteiger charge is 2.29. The Kier molecular flexibility index (Phi) is 4.22. The molecule has 0 aliphatic heterocycles. The minimum atomic E-state index is 1.14. The largest absolute Gasteiger partial charge is 0.264 e. The van der Waals surface area contributed by atoms with Crippen LogP contribution in [0.4, 0.5) is 0 Å². The van der Waals surface area contributed by atoms with Gasteiger partial charge in [-0.2, -0.15) is 0 Å². The van der Waals surface area contributed by atoms with Crippen molar-refractivity contribution < 1.29 is 0 Å². The highest BCUT2D eigenvalue weighted by atomic mass is 14.6. The fourth-order valence-electron chi connectivity index (χ4n) is 5.50. The molecule has 1 heterocycles. The van der Waals surface area contributed by atoms with E-state index in [9.17, 15) is 0 Å². The monoisotopic (exact) mass is 431 g/mol. The number of fused-ring (bicyclic) bond motifs is 3. The Hall–Kier alpha value is -4.49. The summed E-state index contributed by atoms with van der Waals surface area (Å²) in [6, 6.07) is 41.5. The van der Waals surface area contributed by atoms with Gasteiger partial charge in [-0.1, -0.05) is 103 Å². The van der Waals surface area contributed by atoms with Crippen LogP contribution in [0.5, 0.6) is 0 Å². The lowest BCUT2D eigenvalue weighted by molar-refractivity contribution is 1.33. The molecule has 0 radical (unpaired) electrons. The van der Waals surface area contributed by atoms with Crippen molar-refractivity contribution in [2.75, 3.05) is 0 Å². The van der Waals surface area contributed by atoms with Gasteiger partial charge in [-0.3, -0.25) is 4.98 Å². The molecule has 0 saturated carbocycles. The van der Waals surface area contributed by atoms with E-state index in [-0.39, 0.29) is 0 Å². The first-order chi connectivity index (χ1) is 16.9. The van der Waals surface area contributed by atoms with Crippen LogP contribution in [0.15, 0.2) is 128 Å². The number of benzene rings is 5. The second kappa shape index (κ2) is 7.54. The minimum absolute atomic E-state index is 1.14. The maximum Gasteiger partial charge on any atom is 0.0346 e. The second-order valence-electron chi connectivity index (χ2n) is 8.78. The van der Waals surface area contributed by atoms with Gasteiger partial charge in [0.25, 0.3) is 0 Å². The SMILES string of the molecule is c1ccc(-c2cc3c(c(-c4cccnc4)c2-c2ccccc2)-c2cccc4cccc-3c24)cc1. The first-order valence-corrected chi connectivity index (χ1v) is 11.6. The normalized spacial score (nSPS) is 11.5. The molecule has 0 spiro atoms. The summed E-state index contributed by atoms with van der Waals surface area (Å²) in [6.07, 6.45) is 3.85. The van der Waals surface area contributed by atoms with Gasteiger partial charge in [-0.25, -0.2) is 0 Å². The minimum Gasteiger partial charge on any atom is -0.264 e. The van der Waals surface area contributed by atoms with Crippen LogP contribution < -0.4 is 0 Å². The Morgan fingerprint density at radius 3 is 1.79 bits per heavy atom. The molecule has 0 saturated heterocycles. The van der Waals surface area contributed by atoms with Gasteiger partial charge >= 0.3 is 0 Å². The average molecular weight is 432 g/mol. The van der Waals surface area contributed by atoms with E-state index in [1.165, 1.54) is 60.8 Å². The van der Waals surface area contributed by atoms with Crippen LogP contribution in [0.25, 0.3) is 66.4 Å². The summed E-state index contributed by atoms with van der Waals surface area (Å²) in [7, 11) is 0. The second-order valence-corrected chi connectivity index (χ2v) is 8.78. The molecule has 1 heteroatoms. The summed E-state index contributed by atoms with van der Waals surface area (Å²) in [6.45, 7) is 0. The lowest BCUT2D eigenvalue weighted by Gasteiger charge is -2.21. The lowest BCUT2D eigenvalue weighted by Crippen LogP contribution is -1.95. The van der Waals surface area contributed by atoms with Crippen molar-refractivity contribution in [2.45, 2.75) is 0 Å². The summed E-state index contributed by atoms with van der Waals surface area (Å²) < 4.78 is 0. The molecule has 6 aromatic rings. The fraction of sp³-hybridized carbons (Fsp3) is 0. The molecule has 158 valence electrons. The van der Waals surface area contributed by atoms with Gasteiger partial charge in [0, 0.05) is 23.5 Å². The fourth-order valence-corrected chi connectivity index (χ4v) is 5.50. The van der Waals surface area contributed by atoms with E-state index < -0.39 is 0 Å². The Morgan fingerprint density at radius 2 is 1.09 bits per heavy atom. The Morgan fingerprint density at radius 1 is 0.412 bits per heavy atom. The Bertz CT molecular complexity index is 1660. The van der Waals surface area contributed by atoms with Crippen LogP contribution >= 0.6 is 0 Å². The predicted molar refractivity (Wildman–Crippen MR) is 142 cm³/mol. The molecule has 0 N–H and O–H groups in total. The molecule has 34 heavy (non-hydrogen) atoms. The molecule has 0 atom stereocenters. The molecule has 0 fully saturated rings. The molecule has 1 aliphatic carbocycles. The van der Waals surface area contributed by atoms with E-state index in [0.29, 0.717) is 0 Å². The third-order valence-corrected chi connectivity index (χ3v) is 6.89. The zero-order chi connectivity index (χ0) is 22.5. The number of hydrogen-bond donors (Lipinski definition) is 0. The number of rotatable bonds is 3. The summed E-state index contributed by atoms with van der Waals surface area (Å²) >= 11 is 0. The van der Waals surface area contributed by atoms with Crippen molar-refractivity contribution in [2.24, 2.45) is 0 Å². The first kappa shape index (κ1) is 19.0. The van der Waals surface area contributed by atoms with Crippen molar-refractivity contribution in [1.29, 1.82) is 0 Å². The molecular weight excluding hydrogens is 410 g/mol. The van der Waals surface area contributed by atoms with E-state index in [1.807, 2.05) is 18.5 Å². The van der Waals surface area contributed by atoms with E-state index >= 15 is 0 Å². The third kappa shape index (κ3) is 2.77. The average Bonchev–Trinajstić information content (AvgIpc) is 3.24. The summed E-state index contributed by atoms with van der Waals surface area (Å²) in [5.41, 5.74) is 12.5. The van der Waals surface area contributed by atoms with E-state index in [2.05, 4.69) is 114 Å². The molecule has 7 rings (SSSR count). The summed E-state index contributed by atoms with van der Waals surface area (Å²) in [5, 5.41) is 2.63. The van der Waals surface area contributed by atoms with Crippen LogP contribution in [0.1, 0.15) is 0 Å². The van der Waals surface area contributed by atoms with Gasteiger partial charge in [0.05, 0.1) is 0 Å². The first-order valence-electron chi connectivity index (χ1n) is 11.6. The van der Waals surface area contributed by atoms with Gasteiger partial charge in [-0.05, 0) is 67.4 Å². The topological polar surface area (TPSA) is 12.9 Å². The van der Waals surface area contributed by atoms with E-state index in [4.69, 9.17) is 0 Å². The third-order valence-electron chi connectivity index (χ3n) is 6.89. The maximum atomic E-state index is 4.52. The van der Waals surface area contributed by atoms with Gasteiger partial charge < -0.3 is 0 Å². The maximum absolute atomic E-state index is 4.52. The highest BCUT2D eigenvalue weighted by Crippen LogP contribution is 2.56. The Labute approximate surface area is 199 Å². The number of nitrogens with zero attached hydrogens (tertiary/aromatic N) is 1. The zero-order valence-electron chi connectivity index (χ0n) is 18.6. The highest BCUT2D eigenvalue weighted by molar-refractivity contribution is 6.21. The van der Waals surface area contributed by atoms with Gasteiger partial charge in [0.15, 0.2) is 0 Å². The summed E-state index contributed by atoms with van der Waals surface area (Å²) in [5.74, 6) is 0. The smallest absolute Gasteiger partial charge is 0.0346 e. The lowest BCUT2D eigenvalue weighted by atomic mass is 9.82. The predicted octanol–water partition coefficient (Wildman–Crippen LogP) is 8.88. The van der Waals surface area contributed by atoms with Crippen molar-refractivity contribution in [3.8, 4) is 55.6 Å². The van der Waals surface area contributed by atoms with Crippen molar-refractivity contribution in [3.05, 3.63) is 128 Å². The van der Waals surface area contributed by atoms with Crippen LogP contribution in [0.2, 0.25) is 0 Å². The quantitative estimate of drug-likeness (QED) is 0.272. The van der Waals surface area contributed by atoms with Crippen LogP contribution in [-0.4, -0.2) is 4.98 Å². The summed E-state index contributed by atoms with van der Waals surface area (Å²) in [4.78, 5) is 4.52. The van der Waals surface area contributed by atoms with Gasteiger partial charge in [0.2, 0.25) is 0 Å². The van der Waals surface area contributed by atoms with Crippen LogP contribution in [-0.2, 0) is 0 Å². The molecule has 5 aromatic carbocycles.